The summed E-state index contributed by atoms with van der Waals surface area (Å²) < 4.78 is 10.1. The monoisotopic (exact) mass is 229 g/mol. The molecule has 0 saturated carbocycles. The summed E-state index contributed by atoms with van der Waals surface area (Å²) in [6.07, 6.45) is 4.69. The van der Waals surface area contributed by atoms with Crippen molar-refractivity contribution in [3.05, 3.63) is 55.3 Å². The topological polar surface area (TPSA) is 55.5 Å². The highest BCUT2D eigenvalue weighted by atomic mass is 16.6. The Bertz CT molecular complexity index is 526. The highest BCUT2D eigenvalue weighted by Crippen LogP contribution is 2.24. The molecule has 1 aromatic heterocycles. The minimum Gasteiger partial charge on any atom is -0.508 e. The molecule has 2 rings (SSSR count). The smallest absolute Gasteiger partial charge is 0.316 e. The van der Waals surface area contributed by atoms with Gasteiger partial charge in [-0.25, -0.2) is 0 Å². The van der Waals surface area contributed by atoms with Crippen LogP contribution in [0, 0.1) is 0 Å². The molecule has 86 valence electrons. The van der Waals surface area contributed by atoms with Gasteiger partial charge in [-0.15, -0.1) is 0 Å². The molecule has 0 amide bonds. The molecule has 0 aliphatic heterocycles. The second kappa shape index (κ2) is 5.03. The van der Waals surface area contributed by atoms with Crippen LogP contribution in [0.3, 0.4) is 0 Å². The predicted molar refractivity (Wildman–Crippen MR) is 63.6 cm³/mol. The standard InChI is InChI=1S/C13H11NO3/c1-2-3-8-16-13-9-12(14-17-13)10-4-6-11(15)7-5-10/h2-9,15H,1H2/b8-3-. The second-order valence-corrected chi connectivity index (χ2v) is 3.26. The van der Waals surface area contributed by atoms with Crippen molar-refractivity contribution in [2.45, 2.75) is 0 Å². The summed E-state index contributed by atoms with van der Waals surface area (Å²) in [5, 5.41) is 13.0. The van der Waals surface area contributed by atoms with Gasteiger partial charge in [-0.05, 0) is 30.3 Å². The molecule has 0 bridgehead atoms. The first-order valence-corrected chi connectivity index (χ1v) is 5.00. The van der Waals surface area contributed by atoms with Gasteiger partial charge in [-0.2, -0.15) is 0 Å². The zero-order valence-corrected chi connectivity index (χ0v) is 9.04. The molecule has 0 fully saturated rings. The number of nitrogens with zero attached hydrogens (tertiary/aromatic N) is 1. The van der Waals surface area contributed by atoms with Crippen LogP contribution in [-0.4, -0.2) is 10.3 Å². The Hall–Kier alpha value is -2.49. The summed E-state index contributed by atoms with van der Waals surface area (Å²) in [5.74, 6) is 0.508. The van der Waals surface area contributed by atoms with Gasteiger partial charge in [0.2, 0.25) is 0 Å². The van der Waals surface area contributed by atoms with E-state index in [0.29, 0.717) is 11.6 Å². The maximum absolute atomic E-state index is 9.17. The fraction of sp³-hybridized carbons (Fsp3) is 0. The number of rotatable bonds is 4. The Labute approximate surface area is 98.4 Å². The molecule has 0 saturated heterocycles. The summed E-state index contributed by atoms with van der Waals surface area (Å²) >= 11 is 0. The lowest BCUT2D eigenvalue weighted by Crippen LogP contribution is -1.76. The zero-order valence-electron chi connectivity index (χ0n) is 9.04. The van der Waals surface area contributed by atoms with Gasteiger partial charge < -0.3 is 14.4 Å². The molecular weight excluding hydrogens is 218 g/mol. The number of hydrogen-bond acceptors (Lipinski definition) is 4. The molecule has 0 atom stereocenters. The highest BCUT2D eigenvalue weighted by molar-refractivity contribution is 5.60. The number of aromatic hydroxyl groups is 1. The van der Waals surface area contributed by atoms with Crippen LogP contribution in [0.4, 0.5) is 0 Å². The van der Waals surface area contributed by atoms with Crippen molar-refractivity contribution in [1.82, 2.24) is 5.16 Å². The molecule has 4 heteroatoms. The first-order chi connectivity index (χ1) is 8.29. The summed E-state index contributed by atoms with van der Waals surface area (Å²) in [5.41, 5.74) is 1.49. The minimum absolute atomic E-state index is 0.211. The van der Waals surface area contributed by atoms with E-state index < -0.39 is 0 Å². The number of hydrogen-bond donors (Lipinski definition) is 1. The molecule has 1 N–H and O–H groups in total. The third-order valence-corrected chi connectivity index (χ3v) is 2.05. The van der Waals surface area contributed by atoms with Gasteiger partial charge in [-0.1, -0.05) is 17.8 Å². The Morgan fingerprint density at radius 1 is 1.29 bits per heavy atom. The van der Waals surface area contributed by atoms with Crippen LogP contribution < -0.4 is 4.74 Å². The summed E-state index contributed by atoms with van der Waals surface area (Å²) in [4.78, 5) is 0. The fourth-order valence-corrected chi connectivity index (χ4v) is 1.24. The number of phenolic OH excluding ortho intramolecular Hbond substituents is 1. The van der Waals surface area contributed by atoms with Crippen molar-refractivity contribution in [3.8, 4) is 23.0 Å². The average Bonchev–Trinajstić information content (AvgIpc) is 2.79. The maximum atomic E-state index is 9.17. The predicted octanol–water partition coefficient (Wildman–Crippen LogP) is 3.13. The van der Waals surface area contributed by atoms with Crippen LogP contribution in [-0.2, 0) is 0 Å². The van der Waals surface area contributed by atoms with Gasteiger partial charge in [0, 0.05) is 5.56 Å². The Morgan fingerprint density at radius 2 is 2.06 bits per heavy atom. The van der Waals surface area contributed by atoms with Crippen molar-refractivity contribution >= 4 is 0 Å². The van der Waals surface area contributed by atoms with E-state index in [9.17, 15) is 0 Å². The molecule has 0 unspecified atom stereocenters. The lowest BCUT2D eigenvalue weighted by atomic mass is 10.1. The van der Waals surface area contributed by atoms with E-state index >= 15 is 0 Å². The SMILES string of the molecule is C=C/C=C\Oc1cc(-c2ccc(O)cc2)no1. The molecule has 0 aliphatic carbocycles. The number of benzene rings is 1. The average molecular weight is 229 g/mol. The first-order valence-electron chi connectivity index (χ1n) is 5.00. The highest BCUT2D eigenvalue weighted by Gasteiger charge is 2.06. The summed E-state index contributed by atoms with van der Waals surface area (Å²) in [6.45, 7) is 3.52. The van der Waals surface area contributed by atoms with Crippen LogP contribution in [0.5, 0.6) is 11.7 Å². The Balaban J connectivity index is 2.15. The molecule has 17 heavy (non-hydrogen) atoms. The molecular formula is C13H11NO3. The van der Waals surface area contributed by atoms with Crippen molar-refractivity contribution in [2.24, 2.45) is 0 Å². The number of phenols is 1. The summed E-state index contributed by atoms with van der Waals surface area (Å²) in [7, 11) is 0. The summed E-state index contributed by atoms with van der Waals surface area (Å²) in [6, 6.07) is 8.33. The van der Waals surface area contributed by atoms with Crippen molar-refractivity contribution < 1.29 is 14.4 Å². The molecule has 1 aromatic carbocycles. The van der Waals surface area contributed by atoms with Gasteiger partial charge in [0.1, 0.15) is 11.4 Å². The lowest BCUT2D eigenvalue weighted by molar-refractivity contribution is 0.289. The Kier molecular flexibility index (Phi) is 3.25. The molecule has 4 nitrogen and oxygen atoms in total. The van der Waals surface area contributed by atoms with Gasteiger partial charge in [0.05, 0.1) is 12.3 Å². The second-order valence-electron chi connectivity index (χ2n) is 3.26. The maximum Gasteiger partial charge on any atom is 0.316 e. The van der Waals surface area contributed by atoms with Crippen LogP contribution in [0.2, 0.25) is 0 Å². The van der Waals surface area contributed by atoms with Gasteiger partial charge in [0.15, 0.2) is 0 Å². The quantitative estimate of drug-likeness (QED) is 0.646. The van der Waals surface area contributed by atoms with Crippen LogP contribution in [0.25, 0.3) is 11.3 Å². The van der Waals surface area contributed by atoms with E-state index in [1.54, 1.807) is 42.5 Å². The molecule has 0 radical (unpaired) electrons. The van der Waals surface area contributed by atoms with Crippen molar-refractivity contribution in [2.75, 3.05) is 0 Å². The molecule has 1 heterocycles. The van der Waals surface area contributed by atoms with E-state index in [-0.39, 0.29) is 5.75 Å². The number of aromatic nitrogens is 1. The first kappa shape index (κ1) is 11.0. The van der Waals surface area contributed by atoms with Crippen LogP contribution in [0.15, 0.2) is 59.8 Å². The normalized spacial score (nSPS) is 10.6. The minimum atomic E-state index is 0.211. The largest absolute Gasteiger partial charge is 0.508 e. The van der Waals surface area contributed by atoms with E-state index in [2.05, 4.69) is 11.7 Å². The lowest BCUT2D eigenvalue weighted by Gasteiger charge is -1.94. The number of ether oxygens (including phenoxy) is 1. The third-order valence-electron chi connectivity index (χ3n) is 2.05. The van der Waals surface area contributed by atoms with Crippen molar-refractivity contribution in [1.29, 1.82) is 0 Å². The van der Waals surface area contributed by atoms with Gasteiger partial charge in [0.25, 0.3) is 0 Å². The van der Waals surface area contributed by atoms with Crippen LogP contribution >= 0.6 is 0 Å². The van der Waals surface area contributed by atoms with E-state index in [4.69, 9.17) is 14.4 Å². The molecule has 2 aromatic rings. The van der Waals surface area contributed by atoms with E-state index in [1.165, 1.54) is 6.26 Å². The van der Waals surface area contributed by atoms with E-state index in [1.807, 2.05) is 0 Å². The molecule has 0 spiro atoms. The van der Waals surface area contributed by atoms with Gasteiger partial charge in [-0.3, -0.25) is 0 Å². The zero-order chi connectivity index (χ0) is 12.1. The van der Waals surface area contributed by atoms with Crippen molar-refractivity contribution in [3.63, 3.8) is 0 Å². The fourth-order valence-electron chi connectivity index (χ4n) is 1.24. The third kappa shape index (κ3) is 2.75. The van der Waals surface area contributed by atoms with Crippen LogP contribution in [0.1, 0.15) is 0 Å². The molecule has 0 aliphatic rings. The number of allylic oxidation sites excluding steroid dienone is 2. The van der Waals surface area contributed by atoms with Gasteiger partial charge >= 0.3 is 5.95 Å². The Morgan fingerprint density at radius 3 is 2.76 bits per heavy atom. The van der Waals surface area contributed by atoms with E-state index in [0.717, 1.165) is 5.56 Å².